The Morgan fingerprint density at radius 2 is 1.81 bits per heavy atom. The Bertz CT molecular complexity index is 526. The smallest absolute Gasteiger partial charge is 0.270 e. The van der Waals surface area contributed by atoms with E-state index in [0.29, 0.717) is 15.9 Å². The molecule has 2 aromatic rings. The van der Waals surface area contributed by atoms with Gasteiger partial charge in [0.2, 0.25) is 0 Å². The van der Waals surface area contributed by atoms with Crippen molar-refractivity contribution in [2.75, 3.05) is 0 Å². The first-order valence-electron chi connectivity index (χ1n) is 4.67. The lowest BCUT2D eigenvalue weighted by Crippen LogP contribution is -2.29. The fourth-order valence-electron chi connectivity index (χ4n) is 1.38. The van der Waals surface area contributed by atoms with Gasteiger partial charge in [0.05, 0.1) is 0 Å². The predicted octanol–water partition coefficient (Wildman–Crippen LogP) is 2.31. The molecule has 0 fully saturated rings. The maximum atomic E-state index is 12.0. The molecule has 0 spiro atoms. The van der Waals surface area contributed by atoms with Crippen molar-refractivity contribution in [2.45, 2.75) is 0 Å². The van der Waals surface area contributed by atoms with Gasteiger partial charge in [0, 0.05) is 27.6 Å². The highest BCUT2D eigenvalue weighted by atomic mass is 79.9. The van der Waals surface area contributed by atoms with Gasteiger partial charge in [-0.25, -0.2) is 0 Å². The molecule has 3 nitrogen and oxygen atoms in total. The molecular formula is C12H8BrNO2. The van der Waals surface area contributed by atoms with E-state index >= 15 is 0 Å². The minimum absolute atomic E-state index is 0.169. The van der Waals surface area contributed by atoms with E-state index in [1.54, 1.807) is 36.4 Å². The first kappa shape index (κ1) is 10.8. The van der Waals surface area contributed by atoms with Gasteiger partial charge in [-0.15, -0.1) is 0 Å². The second-order valence-corrected chi connectivity index (χ2v) is 3.98. The van der Waals surface area contributed by atoms with Gasteiger partial charge in [-0.2, -0.15) is 4.73 Å². The third-order valence-electron chi connectivity index (χ3n) is 2.18. The average molecular weight is 278 g/mol. The predicted molar refractivity (Wildman–Crippen MR) is 63.0 cm³/mol. The van der Waals surface area contributed by atoms with Gasteiger partial charge < -0.3 is 5.21 Å². The number of aromatic nitrogens is 1. The van der Waals surface area contributed by atoms with E-state index in [1.165, 1.54) is 6.20 Å². The highest BCUT2D eigenvalue weighted by molar-refractivity contribution is 9.10. The number of hydrogen-bond acceptors (Lipinski definition) is 2. The number of hydrogen-bond donors (Lipinski definition) is 0. The maximum absolute atomic E-state index is 12.0. The van der Waals surface area contributed by atoms with Gasteiger partial charge in [0.25, 0.3) is 4.60 Å². The molecule has 0 radical (unpaired) electrons. The van der Waals surface area contributed by atoms with E-state index in [4.69, 9.17) is 0 Å². The van der Waals surface area contributed by atoms with E-state index in [9.17, 15) is 10.0 Å². The number of pyridine rings is 1. The summed E-state index contributed by atoms with van der Waals surface area (Å²) in [7, 11) is 0. The number of carbonyl (C=O) groups excluding carboxylic acids is 1. The molecule has 1 heterocycles. The molecule has 0 unspecified atom stereocenters. The van der Waals surface area contributed by atoms with Crippen LogP contribution in [0.15, 0.2) is 53.3 Å². The summed E-state index contributed by atoms with van der Waals surface area (Å²) in [6, 6.07) is 12.0. The molecule has 4 heteroatoms. The van der Waals surface area contributed by atoms with Crippen molar-refractivity contribution in [3.63, 3.8) is 0 Å². The zero-order valence-corrected chi connectivity index (χ0v) is 9.85. The molecule has 0 amide bonds. The van der Waals surface area contributed by atoms with Crippen LogP contribution in [-0.2, 0) is 0 Å². The lowest BCUT2D eigenvalue weighted by atomic mass is 10.1. The zero-order valence-electron chi connectivity index (χ0n) is 8.26. The first-order valence-corrected chi connectivity index (χ1v) is 5.47. The van der Waals surface area contributed by atoms with Crippen molar-refractivity contribution >= 4 is 21.7 Å². The lowest BCUT2D eigenvalue weighted by Gasteiger charge is -2.04. The third kappa shape index (κ3) is 1.97. The summed E-state index contributed by atoms with van der Waals surface area (Å²) in [6.07, 6.45) is 1.34. The van der Waals surface area contributed by atoms with Crippen LogP contribution in [0.25, 0.3) is 0 Å². The summed E-state index contributed by atoms with van der Waals surface area (Å²) >= 11 is 3.11. The highest BCUT2D eigenvalue weighted by Gasteiger charge is 2.17. The molecule has 0 saturated heterocycles. The summed E-state index contributed by atoms with van der Waals surface area (Å²) in [4.78, 5) is 12.0. The average Bonchev–Trinajstić information content (AvgIpc) is 2.33. The summed E-state index contributed by atoms with van der Waals surface area (Å²) in [5, 5.41) is 11.3. The summed E-state index contributed by atoms with van der Waals surface area (Å²) in [5.41, 5.74) is 0.929. The molecule has 2 rings (SSSR count). The fourth-order valence-corrected chi connectivity index (χ4v) is 1.82. The molecule has 0 atom stereocenters. The Labute approximate surface area is 101 Å². The SMILES string of the molecule is O=C(c1ccccc1)c1ccc[n+]([O-])c1Br. The third-order valence-corrected chi connectivity index (χ3v) is 2.96. The number of benzene rings is 1. The molecule has 0 aliphatic rings. The van der Waals surface area contributed by atoms with Crippen LogP contribution in [0.5, 0.6) is 0 Å². The van der Waals surface area contributed by atoms with Crippen LogP contribution in [-0.4, -0.2) is 5.78 Å². The molecule has 16 heavy (non-hydrogen) atoms. The molecule has 0 aliphatic heterocycles. The molecule has 1 aromatic heterocycles. The lowest BCUT2D eigenvalue weighted by molar-refractivity contribution is -0.617. The molecule has 0 bridgehead atoms. The molecular weight excluding hydrogens is 270 g/mol. The van der Waals surface area contributed by atoms with Crippen molar-refractivity contribution in [3.05, 3.63) is 69.6 Å². The van der Waals surface area contributed by atoms with Crippen LogP contribution in [0, 0.1) is 5.21 Å². The van der Waals surface area contributed by atoms with E-state index < -0.39 is 0 Å². The topological polar surface area (TPSA) is 44.0 Å². The Kier molecular flexibility index (Phi) is 3.01. The van der Waals surface area contributed by atoms with E-state index in [0.717, 1.165) is 0 Å². The van der Waals surface area contributed by atoms with Crippen molar-refractivity contribution < 1.29 is 9.52 Å². The maximum Gasteiger partial charge on any atom is 0.270 e. The monoisotopic (exact) mass is 277 g/mol. The van der Waals surface area contributed by atoms with Crippen LogP contribution < -0.4 is 4.73 Å². The van der Waals surface area contributed by atoms with Crippen molar-refractivity contribution in [1.82, 2.24) is 0 Å². The Hall–Kier alpha value is -1.68. The highest BCUT2D eigenvalue weighted by Crippen LogP contribution is 2.15. The fraction of sp³-hybridized carbons (Fsp3) is 0. The van der Waals surface area contributed by atoms with Gasteiger partial charge in [-0.05, 0) is 6.07 Å². The molecule has 1 aromatic carbocycles. The van der Waals surface area contributed by atoms with Crippen LogP contribution in [0.2, 0.25) is 0 Å². The van der Waals surface area contributed by atoms with Gasteiger partial charge in [0.1, 0.15) is 5.56 Å². The van der Waals surface area contributed by atoms with Crippen molar-refractivity contribution in [3.8, 4) is 0 Å². The van der Waals surface area contributed by atoms with Crippen LogP contribution in [0.1, 0.15) is 15.9 Å². The van der Waals surface area contributed by atoms with Crippen LogP contribution >= 0.6 is 15.9 Å². The minimum atomic E-state index is -0.169. The van der Waals surface area contributed by atoms with E-state index in [-0.39, 0.29) is 10.4 Å². The number of halogens is 1. The number of nitrogens with zero attached hydrogens (tertiary/aromatic N) is 1. The van der Waals surface area contributed by atoms with Gasteiger partial charge in [-0.1, -0.05) is 30.3 Å². The van der Waals surface area contributed by atoms with Crippen LogP contribution in [0.4, 0.5) is 0 Å². The summed E-state index contributed by atoms with van der Waals surface area (Å²) in [6.45, 7) is 0. The second kappa shape index (κ2) is 4.45. The Morgan fingerprint density at radius 1 is 1.12 bits per heavy atom. The molecule has 0 saturated carbocycles. The van der Waals surface area contributed by atoms with Crippen molar-refractivity contribution in [1.29, 1.82) is 0 Å². The molecule has 0 N–H and O–H groups in total. The van der Waals surface area contributed by atoms with E-state index in [2.05, 4.69) is 15.9 Å². The summed E-state index contributed by atoms with van der Waals surface area (Å²) < 4.78 is 0.861. The normalized spacial score (nSPS) is 10.1. The Balaban J connectivity index is 2.46. The zero-order chi connectivity index (χ0) is 11.5. The van der Waals surface area contributed by atoms with E-state index in [1.807, 2.05) is 6.07 Å². The van der Waals surface area contributed by atoms with Gasteiger partial charge in [-0.3, -0.25) is 4.79 Å². The summed E-state index contributed by atoms with van der Waals surface area (Å²) in [5.74, 6) is -0.169. The number of carbonyl (C=O) groups is 1. The van der Waals surface area contributed by atoms with Gasteiger partial charge in [0.15, 0.2) is 12.0 Å². The molecule has 80 valence electrons. The Morgan fingerprint density at radius 3 is 2.50 bits per heavy atom. The quantitative estimate of drug-likeness (QED) is 0.366. The van der Waals surface area contributed by atoms with Gasteiger partial charge >= 0.3 is 0 Å². The second-order valence-electron chi connectivity index (χ2n) is 3.23. The number of ketones is 1. The minimum Gasteiger partial charge on any atom is -0.618 e. The van der Waals surface area contributed by atoms with Crippen molar-refractivity contribution in [2.24, 2.45) is 0 Å². The number of rotatable bonds is 2. The van der Waals surface area contributed by atoms with Crippen LogP contribution in [0.3, 0.4) is 0 Å². The standard InChI is InChI=1S/C12H8BrNO2/c13-12-10(7-4-8-14(12)16)11(15)9-5-2-1-3-6-9/h1-8H. The largest absolute Gasteiger partial charge is 0.618 e. The molecule has 0 aliphatic carbocycles. The first-order chi connectivity index (χ1) is 7.70.